The van der Waals surface area contributed by atoms with Crippen molar-refractivity contribution >= 4 is 27.3 Å². The second-order valence-corrected chi connectivity index (χ2v) is 8.78. The second-order valence-electron chi connectivity index (χ2n) is 7.77. The minimum absolute atomic E-state index is 0.131. The Labute approximate surface area is 184 Å². The quantitative estimate of drug-likeness (QED) is 0.502. The zero-order chi connectivity index (χ0) is 21.4. The molecule has 1 fully saturated rings. The van der Waals surface area contributed by atoms with Crippen LogP contribution < -0.4 is 5.56 Å². The molecule has 158 valence electrons. The average Bonchev–Trinajstić information content (AvgIpc) is 3.37. The molecule has 8 heteroatoms. The largest absolute Gasteiger partial charge is 0.303 e. The Morgan fingerprint density at radius 3 is 2.48 bits per heavy atom. The van der Waals surface area contributed by atoms with Gasteiger partial charge in [-0.05, 0) is 26.1 Å². The third-order valence-corrected chi connectivity index (χ3v) is 6.58. The lowest BCUT2D eigenvalue weighted by molar-refractivity contribution is 0.159. The Hall–Kier alpha value is -3.23. The highest BCUT2D eigenvalue weighted by Gasteiger charge is 2.22. The predicted molar refractivity (Wildman–Crippen MR) is 126 cm³/mol. The summed E-state index contributed by atoms with van der Waals surface area (Å²) in [6.45, 7) is 5.55. The van der Waals surface area contributed by atoms with Crippen LogP contribution in [0, 0.1) is 0 Å². The number of fused-ring (bicyclic) bond motifs is 1. The summed E-state index contributed by atoms with van der Waals surface area (Å²) in [7, 11) is 2.12. The fraction of sp³-hybridized carbons (Fsp3) is 0.261. The summed E-state index contributed by atoms with van der Waals surface area (Å²) in [6.07, 6.45) is 0. The fourth-order valence-corrected chi connectivity index (χ4v) is 4.76. The molecule has 0 saturated carbocycles. The summed E-state index contributed by atoms with van der Waals surface area (Å²) < 4.78 is 2.59. The van der Waals surface area contributed by atoms with Gasteiger partial charge in [0.05, 0.1) is 27.2 Å². The number of H-pyrrole nitrogens is 1. The Morgan fingerprint density at radius 1 is 1.03 bits per heavy atom. The Kier molecular flexibility index (Phi) is 5.17. The van der Waals surface area contributed by atoms with Crippen molar-refractivity contribution in [2.45, 2.75) is 6.92 Å². The van der Waals surface area contributed by atoms with Gasteiger partial charge in [0.2, 0.25) is 5.13 Å². The van der Waals surface area contributed by atoms with E-state index < -0.39 is 0 Å². The van der Waals surface area contributed by atoms with Crippen molar-refractivity contribution in [2.24, 2.45) is 5.10 Å². The monoisotopic (exact) mass is 432 g/mol. The molecule has 0 spiro atoms. The van der Waals surface area contributed by atoms with E-state index in [1.54, 1.807) is 4.68 Å². The number of aromatic amines is 1. The zero-order valence-corrected chi connectivity index (χ0v) is 18.4. The van der Waals surface area contributed by atoms with Crippen molar-refractivity contribution in [2.75, 3.05) is 33.2 Å². The van der Waals surface area contributed by atoms with Crippen LogP contribution in [0.3, 0.4) is 0 Å². The van der Waals surface area contributed by atoms with Gasteiger partial charge in [-0.25, -0.2) is 4.98 Å². The van der Waals surface area contributed by atoms with Gasteiger partial charge in [-0.15, -0.1) is 0 Å². The first-order chi connectivity index (χ1) is 15.1. The van der Waals surface area contributed by atoms with Crippen LogP contribution in [0.1, 0.15) is 12.5 Å². The number of likely N-dealkylation sites (N-methyl/N-ethyl adjacent to an activating group) is 1. The van der Waals surface area contributed by atoms with Crippen molar-refractivity contribution in [3.63, 3.8) is 0 Å². The molecule has 2 aromatic heterocycles. The molecule has 31 heavy (non-hydrogen) atoms. The number of hydrogen-bond acceptors (Lipinski definition) is 6. The number of aromatic nitrogens is 3. The molecule has 1 aliphatic heterocycles. The van der Waals surface area contributed by atoms with E-state index in [1.807, 2.05) is 61.5 Å². The molecular formula is C23H24N6OS. The Bertz CT molecular complexity index is 1260. The van der Waals surface area contributed by atoms with E-state index in [0.717, 1.165) is 47.7 Å². The first kappa shape index (κ1) is 19.7. The number of para-hydroxylation sites is 1. The molecular weight excluding hydrogens is 408 g/mol. The van der Waals surface area contributed by atoms with Crippen LogP contribution in [0.4, 0.5) is 0 Å². The smallest absolute Gasteiger partial charge is 0.283 e. The second kappa shape index (κ2) is 8.13. The van der Waals surface area contributed by atoms with Crippen LogP contribution >= 0.6 is 11.3 Å². The van der Waals surface area contributed by atoms with Gasteiger partial charge in [-0.2, -0.15) is 9.78 Å². The maximum atomic E-state index is 13.6. The maximum absolute atomic E-state index is 13.6. The van der Waals surface area contributed by atoms with Crippen molar-refractivity contribution in [1.82, 2.24) is 24.7 Å². The standard InChI is InChI=1S/C23H24N6OS/c1-16(25-28-14-12-27(2)13-15-28)20-21(17-8-4-3-5-9-17)26-29(22(20)30)23-24-18-10-6-7-11-19(18)31-23/h3-11,26H,12-15H2,1-2H3. The molecule has 3 heterocycles. The van der Waals surface area contributed by atoms with Gasteiger partial charge in [0, 0.05) is 31.7 Å². The van der Waals surface area contributed by atoms with Crippen LogP contribution in [-0.2, 0) is 0 Å². The fourth-order valence-electron chi connectivity index (χ4n) is 3.83. The number of rotatable bonds is 4. The predicted octanol–water partition coefficient (Wildman–Crippen LogP) is 3.41. The number of hydrazone groups is 1. The summed E-state index contributed by atoms with van der Waals surface area (Å²) in [4.78, 5) is 20.5. The number of thiazole rings is 1. The Balaban J connectivity index is 1.63. The molecule has 5 rings (SSSR count). The molecule has 1 aliphatic rings. The molecule has 0 unspecified atom stereocenters. The molecule has 1 N–H and O–H groups in total. The summed E-state index contributed by atoms with van der Waals surface area (Å²) in [5, 5.41) is 10.8. The molecule has 7 nitrogen and oxygen atoms in total. The van der Waals surface area contributed by atoms with Crippen LogP contribution in [-0.4, -0.2) is 63.6 Å². The van der Waals surface area contributed by atoms with E-state index in [9.17, 15) is 4.79 Å². The third-order valence-electron chi connectivity index (χ3n) is 5.56. The summed E-state index contributed by atoms with van der Waals surface area (Å²) >= 11 is 1.49. The van der Waals surface area contributed by atoms with E-state index in [-0.39, 0.29) is 5.56 Å². The van der Waals surface area contributed by atoms with E-state index in [4.69, 9.17) is 5.10 Å². The highest BCUT2D eigenvalue weighted by Crippen LogP contribution is 2.26. The number of nitrogens with zero attached hydrogens (tertiary/aromatic N) is 5. The first-order valence-electron chi connectivity index (χ1n) is 10.4. The van der Waals surface area contributed by atoms with Gasteiger partial charge in [0.15, 0.2) is 0 Å². The van der Waals surface area contributed by atoms with Crippen LogP contribution in [0.5, 0.6) is 0 Å². The molecule has 0 atom stereocenters. The highest BCUT2D eigenvalue weighted by molar-refractivity contribution is 7.20. The minimum atomic E-state index is -0.131. The normalized spacial score (nSPS) is 15.7. The van der Waals surface area contributed by atoms with Crippen molar-refractivity contribution in [1.29, 1.82) is 0 Å². The third kappa shape index (κ3) is 3.80. The first-order valence-corrected chi connectivity index (χ1v) is 11.2. The molecule has 1 saturated heterocycles. The van der Waals surface area contributed by atoms with Gasteiger partial charge in [0.25, 0.3) is 5.56 Å². The van der Waals surface area contributed by atoms with Gasteiger partial charge < -0.3 is 4.90 Å². The Morgan fingerprint density at radius 2 is 1.74 bits per heavy atom. The average molecular weight is 433 g/mol. The zero-order valence-electron chi connectivity index (χ0n) is 17.6. The summed E-state index contributed by atoms with van der Waals surface area (Å²) in [5.74, 6) is 0. The molecule has 2 aromatic carbocycles. The van der Waals surface area contributed by atoms with Gasteiger partial charge >= 0.3 is 0 Å². The van der Waals surface area contributed by atoms with E-state index in [1.165, 1.54) is 11.3 Å². The van der Waals surface area contributed by atoms with Crippen molar-refractivity contribution < 1.29 is 0 Å². The molecule has 0 aliphatic carbocycles. The van der Waals surface area contributed by atoms with Crippen molar-refractivity contribution in [3.8, 4) is 16.4 Å². The summed E-state index contributed by atoms with van der Waals surface area (Å²) in [5.41, 5.74) is 3.76. The summed E-state index contributed by atoms with van der Waals surface area (Å²) in [6, 6.07) is 17.8. The lowest BCUT2D eigenvalue weighted by Crippen LogP contribution is -2.42. The molecule has 0 amide bonds. The number of hydrogen-bond donors (Lipinski definition) is 1. The van der Waals surface area contributed by atoms with E-state index in [0.29, 0.717) is 16.4 Å². The molecule has 0 radical (unpaired) electrons. The van der Waals surface area contributed by atoms with Gasteiger partial charge in [-0.1, -0.05) is 53.8 Å². The molecule has 0 bridgehead atoms. The minimum Gasteiger partial charge on any atom is -0.303 e. The SMILES string of the molecule is CC(=NN1CCN(C)CC1)c1c(-c2ccccc2)[nH]n(-c2nc3ccccc3s2)c1=O. The number of piperazine rings is 1. The van der Waals surface area contributed by atoms with Gasteiger partial charge in [-0.3, -0.25) is 14.9 Å². The van der Waals surface area contributed by atoms with Gasteiger partial charge in [0.1, 0.15) is 0 Å². The lowest BCUT2D eigenvalue weighted by atomic mass is 10.1. The maximum Gasteiger partial charge on any atom is 0.283 e. The van der Waals surface area contributed by atoms with Crippen LogP contribution in [0.2, 0.25) is 0 Å². The van der Waals surface area contributed by atoms with Crippen LogP contribution in [0.25, 0.3) is 26.6 Å². The lowest BCUT2D eigenvalue weighted by Gasteiger charge is -2.30. The topological polar surface area (TPSA) is 69.5 Å². The number of nitrogens with one attached hydrogen (secondary N) is 1. The highest BCUT2D eigenvalue weighted by atomic mass is 32.1. The van der Waals surface area contributed by atoms with Crippen molar-refractivity contribution in [3.05, 3.63) is 70.5 Å². The van der Waals surface area contributed by atoms with E-state index in [2.05, 4.69) is 27.0 Å². The van der Waals surface area contributed by atoms with Crippen LogP contribution in [0.15, 0.2) is 64.5 Å². The van der Waals surface area contributed by atoms with E-state index >= 15 is 0 Å². The number of benzene rings is 2. The molecule has 4 aromatic rings.